The highest BCUT2D eigenvalue weighted by Crippen LogP contribution is 2.27. The van der Waals surface area contributed by atoms with Crippen LogP contribution in [-0.2, 0) is 0 Å². The summed E-state index contributed by atoms with van der Waals surface area (Å²) >= 11 is 0. The van der Waals surface area contributed by atoms with Gasteiger partial charge in [-0.1, -0.05) is 38.7 Å². The number of nitrogens with zero attached hydrogens (tertiary/aromatic N) is 4. The zero-order valence-corrected chi connectivity index (χ0v) is 20.4. The molecule has 0 fully saturated rings. The number of carbonyl (C=O) groups excluding carboxylic acids is 2. The topological polar surface area (TPSA) is 95.9 Å². The Morgan fingerprint density at radius 1 is 1.32 bits per heavy atom. The van der Waals surface area contributed by atoms with Gasteiger partial charge in [0.25, 0.3) is 11.8 Å². The maximum atomic E-state index is 13.4. The Balaban J connectivity index is 1.95. The number of ether oxygens (including phenoxy) is 1. The van der Waals surface area contributed by atoms with Crippen LogP contribution in [0.1, 0.15) is 54.1 Å². The summed E-state index contributed by atoms with van der Waals surface area (Å²) in [6.07, 6.45) is 2.74. The Kier molecular flexibility index (Phi) is 8.24. The monoisotopic (exact) mass is 464 g/mol. The highest BCUT2D eigenvalue weighted by molar-refractivity contribution is 5.97. The molecule has 0 spiro atoms. The molecule has 2 aromatic heterocycles. The molecule has 8 heteroatoms. The second-order valence-electron chi connectivity index (χ2n) is 9.02. The van der Waals surface area contributed by atoms with Crippen molar-refractivity contribution in [2.75, 3.05) is 26.7 Å². The van der Waals surface area contributed by atoms with Crippen molar-refractivity contribution in [1.82, 2.24) is 19.8 Å². The highest BCUT2D eigenvalue weighted by atomic mass is 16.5. The van der Waals surface area contributed by atoms with Gasteiger partial charge in [0.15, 0.2) is 0 Å². The van der Waals surface area contributed by atoms with Gasteiger partial charge in [-0.3, -0.25) is 14.6 Å². The van der Waals surface area contributed by atoms with E-state index in [1.807, 2.05) is 20.8 Å². The minimum atomic E-state index is -0.432. The van der Waals surface area contributed by atoms with E-state index in [9.17, 15) is 14.7 Å². The molecule has 3 atom stereocenters. The Morgan fingerprint density at radius 3 is 2.74 bits per heavy atom. The smallest absolute Gasteiger partial charge is 0.272 e. The van der Waals surface area contributed by atoms with Crippen molar-refractivity contribution in [3.05, 3.63) is 53.5 Å². The molecule has 3 heterocycles. The van der Waals surface area contributed by atoms with Crippen LogP contribution in [0.4, 0.5) is 0 Å². The molecule has 0 bridgehead atoms. The van der Waals surface area contributed by atoms with E-state index < -0.39 is 6.10 Å². The summed E-state index contributed by atoms with van der Waals surface area (Å²) in [4.78, 5) is 38.0. The Morgan fingerprint density at radius 2 is 2.09 bits per heavy atom. The first-order valence-electron chi connectivity index (χ1n) is 11.5. The fraction of sp³-hybridized carbons (Fsp3) is 0.462. The minimum absolute atomic E-state index is 0.132. The fourth-order valence-corrected chi connectivity index (χ4v) is 3.65. The van der Waals surface area contributed by atoms with Crippen LogP contribution in [-0.4, -0.2) is 75.6 Å². The number of aromatic nitrogens is 2. The summed E-state index contributed by atoms with van der Waals surface area (Å²) in [7, 11) is 1.70. The summed E-state index contributed by atoms with van der Waals surface area (Å²) < 4.78 is 6.24. The molecular formula is C26H32N4O4. The quantitative estimate of drug-likeness (QED) is 0.683. The van der Waals surface area contributed by atoms with Crippen molar-refractivity contribution in [3.8, 4) is 17.7 Å². The molecule has 0 unspecified atom stereocenters. The normalized spacial score (nSPS) is 18.7. The van der Waals surface area contributed by atoms with E-state index in [2.05, 4.69) is 21.8 Å². The molecule has 0 saturated carbocycles. The number of likely N-dealkylation sites (N-methyl/N-ethyl adjacent to an activating group) is 1. The summed E-state index contributed by atoms with van der Waals surface area (Å²) in [6, 6.07) is 6.49. The number of aliphatic hydroxyl groups excluding tert-OH is 1. The minimum Gasteiger partial charge on any atom is -0.472 e. The SMILES string of the molecule is CC(C)C#Cc1cnc2c(c1)C(=O)N([C@@H](C)CO)C[C@@H](C)[C@H](CN(C)C(=O)c1ccccn1)O2. The molecule has 0 radical (unpaired) electrons. The van der Waals surface area contributed by atoms with E-state index in [1.54, 1.807) is 60.4 Å². The van der Waals surface area contributed by atoms with E-state index in [-0.39, 0.29) is 48.7 Å². The predicted octanol–water partition coefficient (Wildman–Crippen LogP) is 2.48. The molecule has 1 aliphatic rings. The first-order valence-corrected chi connectivity index (χ1v) is 11.5. The third-order valence-electron chi connectivity index (χ3n) is 5.71. The number of carbonyl (C=O) groups is 2. The lowest BCUT2D eigenvalue weighted by Gasteiger charge is -2.37. The second kappa shape index (κ2) is 11.1. The zero-order chi connectivity index (χ0) is 24.8. The average Bonchev–Trinajstić information content (AvgIpc) is 2.84. The van der Waals surface area contributed by atoms with Gasteiger partial charge in [0.1, 0.15) is 17.4 Å². The van der Waals surface area contributed by atoms with E-state index in [0.717, 1.165) is 0 Å². The fourth-order valence-electron chi connectivity index (χ4n) is 3.65. The first-order chi connectivity index (χ1) is 16.2. The van der Waals surface area contributed by atoms with Crippen molar-refractivity contribution in [3.63, 3.8) is 0 Å². The van der Waals surface area contributed by atoms with Gasteiger partial charge in [0.05, 0.1) is 19.2 Å². The van der Waals surface area contributed by atoms with Crippen molar-refractivity contribution in [2.45, 2.75) is 39.8 Å². The molecule has 2 aromatic rings. The number of fused-ring (bicyclic) bond motifs is 1. The molecule has 0 aliphatic carbocycles. The highest BCUT2D eigenvalue weighted by Gasteiger charge is 2.34. The van der Waals surface area contributed by atoms with Gasteiger partial charge in [0, 0.05) is 43.4 Å². The molecule has 8 nitrogen and oxygen atoms in total. The molecular weight excluding hydrogens is 432 g/mol. The van der Waals surface area contributed by atoms with Crippen LogP contribution in [0.5, 0.6) is 5.88 Å². The predicted molar refractivity (Wildman–Crippen MR) is 128 cm³/mol. The molecule has 3 rings (SSSR count). The molecule has 34 heavy (non-hydrogen) atoms. The van der Waals surface area contributed by atoms with Gasteiger partial charge in [-0.15, -0.1) is 0 Å². The van der Waals surface area contributed by atoms with E-state index in [0.29, 0.717) is 23.4 Å². The number of aliphatic hydroxyl groups is 1. The van der Waals surface area contributed by atoms with Crippen LogP contribution < -0.4 is 4.74 Å². The van der Waals surface area contributed by atoms with Crippen LogP contribution in [0, 0.1) is 23.7 Å². The Hall–Kier alpha value is -3.44. The van der Waals surface area contributed by atoms with Gasteiger partial charge in [-0.25, -0.2) is 4.98 Å². The molecule has 0 aromatic carbocycles. The van der Waals surface area contributed by atoms with Crippen LogP contribution in [0.25, 0.3) is 0 Å². The van der Waals surface area contributed by atoms with Crippen molar-refractivity contribution in [1.29, 1.82) is 0 Å². The van der Waals surface area contributed by atoms with Gasteiger partial charge in [-0.2, -0.15) is 0 Å². The molecule has 1 aliphatic heterocycles. The van der Waals surface area contributed by atoms with Crippen LogP contribution in [0.15, 0.2) is 36.7 Å². The third-order valence-corrected chi connectivity index (χ3v) is 5.71. The molecule has 180 valence electrons. The maximum Gasteiger partial charge on any atom is 0.272 e. The number of rotatable bonds is 5. The van der Waals surface area contributed by atoms with E-state index in [4.69, 9.17) is 4.74 Å². The van der Waals surface area contributed by atoms with Crippen molar-refractivity contribution >= 4 is 11.8 Å². The van der Waals surface area contributed by atoms with E-state index in [1.165, 1.54) is 0 Å². The van der Waals surface area contributed by atoms with Gasteiger partial charge >= 0.3 is 0 Å². The Bertz CT molecular complexity index is 1080. The molecule has 2 amide bonds. The van der Waals surface area contributed by atoms with Gasteiger partial charge in [-0.05, 0) is 25.1 Å². The summed E-state index contributed by atoms with van der Waals surface area (Å²) in [6.45, 7) is 8.21. The first kappa shape index (κ1) is 25.2. The lowest BCUT2D eigenvalue weighted by molar-refractivity contribution is 0.0312. The van der Waals surface area contributed by atoms with Gasteiger partial charge in [0.2, 0.25) is 5.88 Å². The van der Waals surface area contributed by atoms with Crippen LogP contribution >= 0.6 is 0 Å². The number of hydrogen-bond donors (Lipinski definition) is 1. The second-order valence-corrected chi connectivity index (χ2v) is 9.02. The van der Waals surface area contributed by atoms with Crippen LogP contribution in [0.2, 0.25) is 0 Å². The standard InChI is InChI=1S/C26H32N4O4/c1-17(2)9-10-20-12-21-24(28-13-20)34-23(18(3)14-30(25(21)32)19(4)16-31)15-29(5)26(33)22-8-6-7-11-27-22/h6-8,11-13,17-19,23,31H,14-16H2,1-5H3/t18-,19+,23+/m1/s1. The van der Waals surface area contributed by atoms with Crippen LogP contribution in [0.3, 0.4) is 0 Å². The van der Waals surface area contributed by atoms with Gasteiger partial charge < -0.3 is 19.6 Å². The zero-order valence-electron chi connectivity index (χ0n) is 20.4. The number of hydrogen-bond acceptors (Lipinski definition) is 6. The number of amides is 2. The summed E-state index contributed by atoms with van der Waals surface area (Å²) in [5.41, 5.74) is 1.26. The third kappa shape index (κ3) is 5.91. The lowest BCUT2D eigenvalue weighted by Crippen LogP contribution is -2.50. The molecule has 1 N–H and O–H groups in total. The lowest BCUT2D eigenvalue weighted by atomic mass is 9.99. The summed E-state index contributed by atoms with van der Waals surface area (Å²) in [5.74, 6) is 5.89. The largest absolute Gasteiger partial charge is 0.472 e. The Labute approximate surface area is 201 Å². The van der Waals surface area contributed by atoms with Crippen molar-refractivity contribution in [2.24, 2.45) is 11.8 Å². The maximum absolute atomic E-state index is 13.4. The number of pyridine rings is 2. The average molecular weight is 465 g/mol. The summed E-state index contributed by atoms with van der Waals surface area (Å²) in [5, 5.41) is 9.79. The van der Waals surface area contributed by atoms with Crippen molar-refractivity contribution < 1.29 is 19.4 Å². The molecule has 0 saturated heterocycles. The van der Waals surface area contributed by atoms with E-state index >= 15 is 0 Å².